The van der Waals surface area contributed by atoms with Crippen LogP contribution in [0.5, 0.6) is 5.75 Å². The van der Waals surface area contributed by atoms with Crippen molar-refractivity contribution in [2.45, 2.75) is 12.8 Å². The molecule has 0 saturated carbocycles. The fourth-order valence-corrected chi connectivity index (χ4v) is 3.34. The summed E-state index contributed by atoms with van der Waals surface area (Å²) in [5.41, 5.74) is 0. The van der Waals surface area contributed by atoms with Crippen molar-refractivity contribution in [3.05, 3.63) is 29.3 Å². The summed E-state index contributed by atoms with van der Waals surface area (Å²) in [5.74, 6) is 1.40. The third-order valence-electron chi connectivity index (χ3n) is 4.74. The predicted octanol–water partition coefficient (Wildman–Crippen LogP) is 1.39. The molecule has 0 unspecified atom stereocenters. The highest BCUT2D eigenvalue weighted by Gasteiger charge is 2.26. The first-order valence-electron chi connectivity index (χ1n) is 8.75. The summed E-state index contributed by atoms with van der Waals surface area (Å²) in [6.07, 6.45) is 1.89. The molecule has 3 rings (SSSR count). The molecule has 7 heteroatoms. The van der Waals surface area contributed by atoms with Gasteiger partial charge in [0.2, 0.25) is 11.8 Å². The fraction of sp³-hybridized carbons (Fsp3) is 0.556. The standard InChI is InChI=1S/C18H24ClN3O3/c19-15-1-3-16(4-2-15)25-13-14-5-8-22(9-6-14)18(24)12-21-10-7-20-17(23)11-21/h1-4,14H,5-13H2,(H,20,23). The van der Waals surface area contributed by atoms with Crippen molar-refractivity contribution in [3.63, 3.8) is 0 Å². The molecular weight excluding hydrogens is 342 g/mol. The zero-order valence-electron chi connectivity index (χ0n) is 14.2. The van der Waals surface area contributed by atoms with Gasteiger partial charge in [-0.25, -0.2) is 0 Å². The molecule has 2 aliphatic rings. The number of piperidine rings is 1. The Morgan fingerprint density at radius 2 is 1.92 bits per heavy atom. The lowest BCUT2D eigenvalue weighted by Gasteiger charge is -2.34. The van der Waals surface area contributed by atoms with E-state index < -0.39 is 0 Å². The minimum atomic E-state index is -0.00268. The summed E-state index contributed by atoms with van der Waals surface area (Å²) < 4.78 is 5.81. The molecule has 2 amide bonds. The zero-order valence-corrected chi connectivity index (χ0v) is 15.0. The molecule has 6 nitrogen and oxygen atoms in total. The molecule has 0 radical (unpaired) electrons. The third-order valence-corrected chi connectivity index (χ3v) is 4.99. The first kappa shape index (κ1) is 18.0. The average molecular weight is 366 g/mol. The van der Waals surface area contributed by atoms with Crippen LogP contribution in [0.25, 0.3) is 0 Å². The van der Waals surface area contributed by atoms with E-state index in [-0.39, 0.29) is 11.8 Å². The molecule has 0 atom stereocenters. The van der Waals surface area contributed by atoms with Crippen molar-refractivity contribution in [1.82, 2.24) is 15.1 Å². The molecule has 0 aliphatic carbocycles. The van der Waals surface area contributed by atoms with Crippen LogP contribution in [0.1, 0.15) is 12.8 Å². The van der Waals surface area contributed by atoms with Crippen LogP contribution >= 0.6 is 11.6 Å². The van der Waals surface area contributed by atoms with Crippen LogP contribution in [-0.4, -0.2) is 67.5 Å². The third kappa shape index (κ3) is 5.34. The SMILES string of the molecule is O=C1CN(CC(=O)N2CCC(COc3ccc(Cl)cc3)CC2)CCN1. The molecule has 2 fully saturated rings. The number of hydrogen-bond donors (Lipinski definition) is 1. The van der Waals surface area contributed by atoms with Gasteiger partial charge in [-0.2, -0.15) is 0 Å². The normalized spacial score (nSPS) is 19.6. The van der Waals surface area contributed by atoms with E-state index in [9.17, 15) is 9.59 Å². The second kappa shape index (κ2) is 8.54. The van der Waals surface area contributed by atoms with Gasteiger partial charge in [0, 0.05) is 31.2 Å². The average Bonchev–Trinajstić information content (AvgIpc) is 2.62. The topological polar surface area (TPSA) is 61.9 Å². The summed E-state index contributed by atoms with van der Waals surface area (Å²) in [7, 11) is 0. The Balaban J connectivity index is 1.38. The molecule has 0 aromatic heterocycles. The number of amides is 2. The Morgan fingerprint density at radius 1 is 1.20 bits per heavy atom. The van der Waals surface area contributed by atoms with Crippen molar-refractivity contribution in [3.8, 4) is 5.75 Å². The van der Waals surface area contributed by atoms with E-state index in [0.717, 1.165) is 38.2 Å². The lowest BCUT2D eigenvalue weighted by Crippen LogP contribution is -2.52. The molecule has 1 N–H and O–H groups in total. The lowest BCUT2D eigenvalue weighted by atomic mass is 9.97. The lowest BCUT2D eigenvalue weighted by molar-refractivity contribution is -0.135. The van der Waals surface area contributed by atoms with E-state index in [2.05, 4.69) is 5.32 Å². The van der Waals surface area contributed by atoms with Gasteiger partial charge in [0.05, 0.1) is 19.7 Å². The number of piperazine rings is 1. The number of halogens is 1. The van der Waals surface area contributed by atoms with Crippen LogP contribution in [0, 0.1) is 5.92 Å². The molecule has 25 heavy (non-hydrogen) atoms. The Kier molecular flexibility index (Phi) is 6.15. The molecular formula is C18H24ClN3O3. The van der Waals surface area contributed by atoms with Crippen molar-refractivity contribution in [2.24, 2.45) is 5.92 Å². The second-order valence-corrected chi connectivity index (χ2v) is 7.09. The fourth-order valence-electron chi connectivity index (χ4n) is 3.21. The minimum Gasteiger partial charge on any atom is -0.493 e. The summed E-state index contributed by atoms with van der Waals surface area (Å²) in [6.45, 7) is 4.19. The highest BCUT2D eigenvalue weighted by Crippen LogP contribution is 2.21. The quantitative estimate of drug-likeness (QED) is 0.856. The smallest absolute Gasteiger partial charge is 0.236 e. The molecule has 2 heterocycles. The Morgan fingerprint density at radius 3 is 2.60 bits per heavy atom. The largest absolute Gasteiger partial charge is 0.493 e. The van der Waals surface area contributed by atoms with Gasteiger partial charge in [-0.05, 0) is 43.0 Å². The highest BCUT2D eigenvalue weighted by atomic mass is 35.5. The molecule has 0 spiro atoms. The van der Waals surface area contributed by atoms with Crippen LogP contribution in [0.15, 0.2) is 24.3 Å². The van der Waals surface area contributed by atoms with E-state index in [4.69, 9.17) is 16.3 Å². The summed E-state index contributed by atoms with van der Waals surface area (Å²) in [4.78, 5) is 27.6. The van der Waals surface area contributed by atoms with Gasteiger partial charge in [0.1, 0.15) is 5.75 Å². The number of rotatable bonds is 5. The summed E-state index contributed by atoms with van der Waals surface area (Å²) in [6, 6.07) is 7.38. The molecule has 136 valence electrons. The summed E-state index contributed by atoms with van der Waals surface area (Å²) in [5, 5.41) is 3.47. The zero-order chi connectivity index (χ0) is 17.6. The van der Waals surface area contributed by atoms with Gasteiger partial charge in [0.15, 0.2) is 0 Å². The number of nitrogens with one attached hydrogen (secondary N) is 1. The molecule has 2 saturated heterocycles. The molecule has 2 aliphatic heterocycles. The maximum atomic E-state index is 12.4. The van der Waals surface area contributed by atoms with Crippen LogP contribution in [-0.2, 0) is 9.59 Å². The van der Waals surface area contributed by atoms with Crippen LogP contribution < -0.4 is 10.1 Å². The van der Waals surface area contributed by atoms with Gasteiger partial charge >= 0.3 is 0 Å². The number of benzene rings is 1. The van der Waals surface area contributed by atoms with E-state index in [1.807, 2.05) is 34.1 Å². The number of nitrogens with zero attached hydrogens (tertiary/aromatic N) is 2. The number of carbonyl (C=O) groups excluding carboxylic acids is 2. The van der Waals surface area contributed by atoms with Crippen LogP contribution in [0.3, 0.4) is 0 Å². The Labute approximate surface area is 153 Å². The molecule has 0 bridgehead atoms. The van der Waals surface area contributed by atoms with Gasteiger partial charge < -0.3 is 15.0 Å². The van der Waals surface area contributed by atoms with Gasteiger partial charge in [-0.3, -0.25) is 14.5 Å². The van der Waals surface area contributed by atoms with Crippen molar-refractivity contribution >= 4 is 23.4 Å². The highest BCUT2D eigenvalue weighted by molar-refractivity contribution is 6.30. The van der Waals surface area contributed by atoms with Gasteiger partial charge in [-0.15, -0.1) is 0 Å². The summed E-state index contributed by atoms with van der Waals surface area (Å²) >= 11 is 5.87. The monoisotopic (exact) mass is 365 g/mol. The second-order valence-electron chi connectivity index (χ2n) is 6.65. The predicted molar refractivity (Wildman–Crippen MR) is 95.7 cm³/mol. The van der Waals surface area contributed by atoms with E-state index >= 15 is 0 Å². The van der Waals surface area contributed by atoms with Gasteiger partial charge in [-0.1, -0.05) is 11.6 Å². The first-order chi connectivity index (χ1) is 12.1. The van der Waals surface area contributed by atoms with E-state index in [1.165, 1.54) is 0 Å². The maximum Gasteiger partial charge on any atom is 0.236 e. The van der Waals surface area contributed by atoms with E-state index in [1.54, 1.807) is 0 Å². The number of hydrogen-bond acceptors (Lipinski definition) is 4. The molecule has 1 aromatic rings. The Hall–Kier alpha value is -1.79. The first-order valence-corrected chi connectivity index (χ1v) is 9.13. The van der Waals surface area contributed by atoms with E-state index in [0.29, 0.717) is 37.2 Å². The number of ether oxygens (including phenoxy) is 1. The number of likely N-dealkylation sites (tertiary alicyclic amines) is 1. The minimum absolute atomic E-state index is 0.00268. The van der Waals surface area contributed by atoms with Crippen LogP contribution in [0.4, 0.5) is 0 Å². The van der Waals surface area contributed by atoms with Gasteiger partial charge in [0.25, 0.3) is 0 Å². The van der Waals surface area contributed by atoms with Crippen molar-refractivity contribution in [1.29, 1.82) is 0 Å². The van der Waals surface area contributed by atoms with Crippen molar-refractivity contribution in [2.75, 3.05) is 45.9 Å². The van der Waals surface area contributed by atoms with Crippen LogP contribution in [0.2, 0.25) is 5.02 Å². The maximum absolute atomic E-state index is 12.4. The molecule has 1 aromatic carbocycles. The van der Waals surface area contributed by atoms with Crippen molar-refractivity contribution < 1.29 is 14.3 Å². The number of carbonyl (C=O) groups is 2. The Bertz CT molecular complexity index is 600.